The molecular formula is C14H17N6O2S2Te. The van der Waals surface area contributed by atoms with Gasteiger partial charge in [-0.1, -0.05) is 10.3 Å². The first-order chi connectivity index (χ1) is 12.0. The Labute approximate surface area is 167 Å². The van der Waals surface area contributed by atoms with Crippen molar-refractivity contribution in [2.24, 2.45) is 0 Å². The van der Waals surface area contributed by atoms with Gasteiger partial charge in [0.25, 0.3) is 0 Å². The van der Waals surface area contributed by atoms with E-state index in [4.69, 9.17) is 17.0 Å². The molecule has 11 heteroatoms. The van der Waals surface area contributed by atoms with Crippen molar-refractivity contribution < 1.29 is 9.53 Å². The number of benzene rings is 1. The van der Waals surface area contributed by atoms with Gasteiger partial charge >= 0.3 is 145 Å². The first kappa shape index (κ1) is 18.7. The number of anilines is 1. The predicted octanol–water partition coefficient (Wildman–Crippen LogP) is 1.13. The second-order valence-electron chi connectivity index (χ2n) is 5.35. The van der Waals surface area contributed by atoms with Crippen LogP contribution in [-0.2, 0) is 9.53 Å². The Morgan fingerprint density at radius 2 is 2.44 bits per heavy atom. The second kappa shape index (κ2) is 8.51. The normalized spacial score (nSPS) is 20.5. The average Bonchev–Trinajstić information content (AvgIpc) is 3.02. The molecule has 1 radical (unpaired) electrons. The minimum atomic E-state index is -0.207. The number of ether oxygens (including phenoxy) is 1. The van der Waals surface area contributed by atoms with E-state index in [2.05, 4.69) is 20.8 Å². The third-order valence-corrected chi connectivity index (χ3v) is 6.50. The van der Waals surface area contributed by atoms with E-state index in [1.165, 1.54) is 0 Å². The number of H-pyrrole nitrogens is 1. The molecule has 0 saturated carbocycles. The van der Waals surface area contributed by atoms with Crippen LogP contribution in [0.4, 0.5) is 5.69 Å². The van der Waals surface area contributed by atoms with Crippen LogP contribution in [0.1, 0.15) is 6.92 Å². The maximum absolute atomic E-state index is 11.8. The molecular weight excluding hydrogens is 476 g/mol. The zero-order valence-corrected chi connectivity index (χ0v) is 17.4. The van der Waals surface area contributed by atoms with Gasteiger partial charge in [-0.2, -0.15) is 0 Å². The molecule has 1 aliphatic rings. The van der Waals surface area contributed by atoms with Crippen molar-refractivity contribution in [3.8, 4) is 5.69 Å². The van der Waals surface area contributed by atoms with Crippen LogP contribution < -0.4 is 5.32 Å². The number of nitrogens with one attached hydrogen (secondary N) is 2. The van der Waals surface area contributed by atoms with Gasteiger partial charge in [-0.05, 0) is 12.2 Å². The van der Waals surface area contributed by atoms with Gasteiger partial charge in [0.15, 0.2) is 0 Å². The molecule has 2 unspecified atom stereocenters. The summed E-state index contributed by atoms with van der Waals surface area (Å²) in [5.41, 5.74) is 1.70. The van der Waals surface area contributed by atoms with E-state index in [0.29, 0.717) is 14.8 Å². The Balaban J connectivity index is 1.60. The van der Waals surface area contributed by atoms with Crippen molar-refractivity contribution in [3.05, 3.63) is 29.0 Å². The van der Waals surface area contributed by atoms with E-state index in [9.17, 15) is 4.79 Å². The fourth-order valence-electron chi connectivity index (χ4n) is 2.42. The third kappa shape index (κ3) is 4.74. The van der Waals surface area contributed by atoms with E-state index in [0.717, 1.165) is 23.7 Å². The van der Waals surface area contributed by atoms with E-state index in [1.54, 1.807) is 16.5 Å². The molecule has 2 heterocycles. The van der Waals surface area contributed by atoms with Gasteiger partial charge in [0.05, 0.1) is 0 Å². The molecule has 1 saturated heterocycles. The summed E-state index contributed by atoms with van der Waals surface area (Å²) in [6.45, 7) is 2.61. The molecule has 2 aromatic rings. The summed E-state index contributed by atoms with van der Waals surface area (Å²) in [4.78, 5) is 13.6. The molecule has 2 N–H and O–H groups in total. The molecule has 1 aromatic heterocycles. The Bertz CT molecular complexity index is 797. The third-order valence-electron chi connectivity index (χ3n) is 3.65. The number of carbonyl (C=O) groups is 1. The van der Waals surface area contributed by atoms with Gasteiger partial charge in [-0.3, -0.25) is 0 Å². The van der Waals surface area contributed by atoms with E-state index < -0.39 is 0 Å². The van der Waals surface area contributed by atoms with Crippen molar-refractivity contribution in [2.45, 2.75) is 16.4 Å². The first-order valence-corrected chi connectivity index (χ1v) is 10.4. The topological polar surface area (TPSA) is 88.1 Å². The van der Waals surface area contributed by atoms with Crippen molar-refractivity contribution in [1.82, 2.24) is 25.1 Å². The van der Waals surface area contributed by atoms with E-state index in [1.807, 2.05) is 58.3 Å². The number of hydrogen-bond acceptors (Lipinski definition) is 7. The van der Waals surface area contributed by atoms with Crippen molar-refractivity contribution >= 4 is 57.9 Å². The molecule has 0 aliphatic carbocycles. The van der Waals surface area contributed by atoms with Crippen LogP contribution in [0.2, 0.25) is 0 Å². The predicted molar refractivity (Wildman–Crippen MR) is 99.3 cm³/mol. The second-order valence-corrected chi connectivity index (χ2v) is 9.50. The fourth-order valence-corrected chi connectivity index (χ4v) is 4.66. The van der Waals surface area contributed by atoms with Crippen LogP contribution in [-0.4, -0.2) is 81.9 Å². The molecule has 133 valence electrons. The molecule has 0 spiro atoms. The summed E-state index contributed by atoms with van der Waals surface area (Å²) in [5, 5.41) is 13.4. The number of aromatic nitrogens is 4. The van der Waals surface area contributed by atoms with Crippen LogP contribution in [0.5, 0.6) is 0 Å². The van der Waals surface area contributed by atoms with Crippen LogP contribution in [0, 0.1) is 4.77 Å². The van der Waals surface area contributed by atoms with E-state index in [-0.39, 0.29) is 12.1 Å². The van der Waals surface area contributed by atoms with E-state index >= 15 is 0 Å². The van der Waals surface area contributed by atoms with Gasteiger partial charge in [-0.25, -0.2) is 0 Å². The standard InChI is InChI=1S/C14H17N6O2S2Te/c1-9(21)19-6-13(25)24-7-12(19)22-8-15-10-3-2-4-11(5-10)20-14(23)16-17-18-20/h2-5,12-13,15H,6-8H2,1H3,(H,16,18,23). The first-order valence-electron chi connectivity index (χ1n) is 7.55. The van der Waals surface area contributed by atoms with Gasteiger partial charge in [-0.15, -0.1) is 0 Å². The number of tetrazole rings is 1. The molecule has 1 amide bonds. The number of carbonyl (C=O) groups excluding carboxylic acids is 1. The average molecular weight is 493 g/mol. The molecule has 1 fully saturated rings. The SMILES string of the molecule is CC(=O)N1CC([Te])SCC1OCNc1cccc(-n2[nH]nnc2=S)c1. The Hall–Kier alpha value is -1.12. The monoisotopic (exact) mass is 495 g/mol. The summed E-state index contributed by atoms with van der Waals surface area (Å²) in [6, 6.07) is 7.65. The van der Waals surface area contributed by atoms with Gasteiger partial charge in [0, 0.05) is 0 Å². The van der Waals surface area contributed by atoms with Crippen LogP contribution in [0.25, 0.3) is 5.69 Å². The molecule has 0 bridgehead atoms. The van der Waals surface area contributed by atoms with Gasteiger partial charge in [0.1, 0.15) is 0 Å². The summed E-state index contributed by atoms with van der Waals surface area (Å²) in [7, 11) is 0. The number of hydrogen-bond donors (Lipinski definition) is 2. The number of amides is 1. The minimum absolute atomic E-state index is 0.0435. The molecule has 8 nitrogen and oxygen atoms in total. The van der Waals surface area contributed by atoms with Crippen LogP contribution in [0.15, 0.2) is 24.3 Å². The molecule has 3 rings (SSSR count). The summed E-state index contributed by atoms with van der Waals surface area (Å²) >= 11 is 8.97. The quantitative estimate of drug-likeness (QED) is 0.367. The van der Waals surface area contributed by atoms with Crippen LogP contribution >= 0.6 is 24.0 Å². The number of thioether (sulfide) groups is 1. The van der Waals surface area contributed by atoms with Crippen LogP contribution in [0.3, 0.4) is 0 Å². The molecule has 25 heavy (non-hydrogen) atoms. The zero-order chi connectivity index (χ0) is 17.8. The van der Waals surface area contributed by atoms with Gasteiger partial charge in [0.2, 0.25) is 0 Å². The van der Waals surface area contributed by atoms with Crippen molar-refractivity contribution in [3.63, 3.8) is 0 Å². The Morgan fingerprint density at radius 3 is 3.16 bits per heavy atom. The Kier molecular flexibility index (Phi) is 6.35. The summed E-state index contributed by atoms with van der Waals surface area (Å²) in [6.07, 6.45) is -0.207. The van der Waals surface area contributed by atoms with Crippen molar-refractivity contribution in [1.29, 1.82) is 0 Å². The molecule has 1 aromatic carbocycles. The number of rotatable bonds is 5. The zero-order valence-electron chi connectivity index (χ0n) is 13.4. The molecule has 1 aliphatic heterocycles. The maximum atomic E-state index is 11.8. The Morgan fingerprint density at radius 1 is 1.60 bits per heavy atom. The summed E-state index contributed by atoms with van der Waals surface area (Å²) in [5.74, 6) is 0.821. The van der Waals surface area contributed by atoms with Gasteiger partial charge < -0.3 is 0 Å². The number of aromatic amines is 1. The summed E-state index contributed by atoms with van der Waals surface area (Å²) < 4.78 is 8.29. The van der Waals surface area contributed by atoms with Crippen molar-refractivity contribution in [2.75, 3.05) is 24.3 Å². The molecule has 2 atom stereocenters. The number of nitrogens with zero attached hydrogens (tertiary/aromatic N) is 4. The fraction of sp³-hybridized carbons (Fsp3) is 0.429.